The summed E-state index contributed by atoms with van der Waals surface area (Å²) in [5.74, 6) is -2.88. The van der Waals surface area contributed by atoms with Crippen molar-refractivity contribution >= 4 is 35.6 Å². The van der Waals surface area contributed by atoms with Crippen LogP contribution in [0.3, 0.4) is 0 Å². The SMILES string of the molecule is CC[C@H](C)[C@@]1([C@@H](CC(=O)N2CCC/C2=C(/OC)C2(C(=O)N[C@H](C(=O)OCc3ccccc3)[C@@H](C)c3ccccc3)CC2)OC)C[N+]1(C)C(=O)[C@@H](NC(=O)[C@H](C(C)C)N(C)CCCC(=O)O)C(C)C. The molecule has 2 aromatic rings. The Labute approximate surface area is 403 Å². The summed E-state index contributed by atoms with van der Waals surface area (Å²) in [7, 11) is 6.78. The van der Waals surface area contributed by atoms with Gasteiger partial charge in [0.25, 0.3) is 0 Å². The molecule has 68 heavy (non-hydrogen) atoms. The van der Waals surface area contributed by atoms with Crippen LogP contribution in [0, 0.1) is 23.2 Å². The van der Waals surface area contributed by atoms with Crippen molar-refractivity contribution in [1.82, 2.24) is 20.4 Å². The minimum Gasteiger partial charge on any atom is -0.498 e. The molecule has 2 heterocycles. The van der Waals surface area contributed by atoms with Crippen molar-refractivity contribution < 1.29 is 52.6 Å². The number of aliphatic carboxylic acids is 1. The maximum atomic E-state index is 15.0. The molecule has 4 amide bonds. The first-order valence-corrected chi connectivity index (χ1v) is 24.5. The number of nitrogens with one attached hydrogen (secondary N) is 2. The van der Waals surface area contributed by atoms with Crippen LogP contribution in [-0.4, -0.2) is 133 Å². The Morgan fingerprint density at radius 1 is 0.882 bits per heavy atom. The van der Waals surface area contributed by atoms with Crippen molar-refractivity contribution in [2.75, 3.05) is 47.9 Å². The van der Waals surface area contributed by atoms with Crippen molar-refractivity contribution in [1.29, 1.82) is 0 Å². The second-order valence-corrected chi connectivity index (χ2v) is 20.3. The third kappa shape index (κ3) is 11.5. The zero-order chi connectivity index (χ0) is 50.1. The molecular formula is C53H78N5O10+. The number of allylic oxidation sites excluding steroid dienone is 1. The number of esters is 1. The summed E-state index contributed by atoms with van der Waals surface area (Å²) in [5, 5.41) is 15.4. The van der Waals surface area contributed by atoms with E-state index >= 15 is 0 Å². The summed E-state index contributed by atoms with van der Waals surface area (Å²) in [5.41, 5.74) is 0.468. The van der Waals surface area contributed by atoms with Crippen LogP contribution in [0.5, 0.6) is 0 Å². The number of carbonyl (C=O) groups is 6. The van der Waals surface area contributed by atoms with E-state index in [-0.39, 0.29) is 65.3 Å². The predicted molar refractivity (Wildman–Crippen MR) is 258 cm³/mol. The first kappa shape index (κ1) is 53.8. The quantitative estimate of drug-likeness (QED) is 0.0433. The molecule has 5 rings (SSSR count). The fourth-order valence-corrected chi connectivity index (χ4v) is 10.8. The van der Waals surface area contributed by atoms with E-state index < -0.39 is 53.0 Å². The highest BCUT2D eigenvalue weighted by Gasteiger charge is 2.78. The normalized spacial score (nSPS) is 22.9. The molecule has 8 atom stereocenters. The maximum absolute atomic E-state index is 15.0. The summed E-state index contributed by atoms with van der Waals surface area (Å²) in [6, 6.07) is 16.5. The van der Waals surface area contributed by atoms with Crippen molar-refractivity contribution in [3.8, 4) is 0 Å². The lowest BCUT2D eigenvalue weighted by atomic mass is 9.83. The summed E-state index contributed by atoms with van der Waals surface area (Å²) in [6.45, 7) is 15.0. The van der Waals surface area contributed by atoms with Gasteiger partial charge in [-0.1, -0.05) is 109 Å². The third-order valence-corrected chi connectivity index (χ3v) is 15.1. The second kappa shape index (κ2) is 23.0. The first-order chi connectivity index (χ1) is 32.2. The van der Waals surface area contributed by atoms with E-state index in [1.54, 1.807) is 19.1 Å². The fourth-order valence-electron chi connectivity index (χ4n) is 10.8. The highest BCUT2D eigenvalue weighted by atomic mass is 16.5. The van der Waals surface area contributed by atoms with E-state index in [4.69, 9.17) is 14.2 Å². The molecule has 2 aliphatic heterocycles. The van der Waals surface area contributed by atoms with Crippen molar-refractivity contribution in [3.05, 3.63) is 83.2 Å². The Morgan fingerprint density at radius 3 is 2.06 bits per heavy atom. The molecule has 3 aliphatic rings. The van der Waals surface area contributed by atoms with Gasteiger partial charge in [-0.15, -0.1) is 0 Å². The summed E-state index contributed by atoms with van der Waals surface area (Å²) in [4.78, 5) is 86.9. The number of ether oxygens (including phenoxy) is 3. The average Bonchev–Trinajstić information content (AvgIpc) is 4.19. The van der Waals surface area contributed by atoms with E-state index in [9.17, 15) is 33.9 Å². The zero-order valence-electron chi connectivity index (χ0n) is 42.3. The number of likely N-dealkylation sites (N-methyl/N-ethyl adjacent to an activating group) is 2. The maximum Gasteiger partial charge on any atom is 0.337 e. The van der Waals surface area contributed by atoms with Crippen molar-refractivity contribution in [3.63, 3.8) is 0 Å². The molecule has 2 aromatic carbocycles. The number of carbonyl (C=O) groups excluding carboxylic acids is 5. The third-order valence-electron chi connectivity index (χ3n) is 15.1. The molecule has 0 aromatic heterocycles. The summed E-state index contributed by atoms with van der Waals surface area (Å²) >= 11 is 0. The number of benzene rings is 2. The lowest BCUT2D eigenvalue weighted by Gasteiger charge is -2.35. The van der Waals surface area contributed by atoms with Crippen molar-refractivity contribution in [2.45, 2.75) is 142 Å². The Hall–Kier alpha value is -5.12. The van der Waals surface area contributed by atoms with Crippen LogP contribution < -0.4 is 10.6 Å². The predicted octanol–water partition coefficient (Wildman–Crippen LogP) is 6.42. The standard InChI is InChI=1S/C53H77N5O10/c1-12-36(6)53(33-58(53,9)49(63)44(34(2)3)54-48(62)46(35(4)5)56(8)29-20-26-43(60)61)41(66-10)31-42(59)57-30-19-25-40(57)47(67-11)52(27-28-52)51(65)55-45(37(7)39-23-17-14-18-24-39)50(64)68-32-38-21-15-13-16-22-38/h13-18,21-24,34-37,41,44-46H,12,19-20,25-33H2,1-11H3,(H2-,54,55,60,61,62,65)/p+1/b47-40-/t36-,37-,41+,44-,45-,46-,53+,58?/m0/s1. The molecule has 374 valence electrons. The highest BCUT2D eigenvalue weighted by molar-refractivity contribution is 5.93. The Kier molecular flexibility index (Phi) is 18.2. The van der Waals surface area contributed by atoms with Crippen molar-refractivity contribution in [2.24, 2.45) is 23.2 Å². The van der Waals surface area contributed by atoms with Crippen LogP contribution in [0.1, 0.15) is 117 Å². The summed E-state index contributed by atoms with van der Waals surface area (Å²) < 4.78 is 18.1. The lowest BCUT2D eigenvalue weighted by Crippen LogP contribution is -2.60. The van der Waals surface area contributed by atoms with Crippen LogP contribution >= 0.6 is 0 Å². The van der Waals surface area contributed by atoms with Gasteiger partial charge in [-0.3, -0.25) is 24.1 Å². The topological polar surface area (TPSA) is 181 Å². The van der Waals surface area contributed by atoms with Gasteiger partial charge < -0.3 is 34.9 Å². The van der Waals surface area contributed by atoms with E-state index in [2.05, 4.69) is 24.5 Å². The van der Waals surface area contributed by atoms with Crippen LogP contribution in [0.4, 0.5) is 0 Å². The number of amides is 4. The number of methoxy groups -OCH3 is 2. The summed E-state index contributed by atoms with van der Waals surface area (Å²) in [6.07, 6.45) is 2.52. The number of hydrogen-bond acceptors (Lipinski definition) is 10. The smallest absolute Gasteiger partial charge is 0.337 e. The van der Waals surface area contributed by atoms with E-state index in [1.165, 1.54) is 7.11 Å². The number of hydrogen-bond donors (Lipinski definition) is 3. The van der Waals surface area contributed by atoms with Gasteiger partial charge in [-0.05, 0) is 75.1 Å². The molecule has 0 bridgehead atoms. The van der Waals surface area contributed by atoms with Gasteiger partial charge in [-0.2, -0.15) is 0 Å². The molecule has 15 heteroatoms. The Bertz CT molecular complexity index is 2130. The second-order valence-electron chi connectivity index (χ2n) is 20.3. The number of carboxylic acid groups (broad SMARTS) is 1. The molecule has 2 saturated heterocycles. The zero-order valence-corrected chi connectivity index (χ0v) is 42.3. The Morgan fingerprint density at radius 2 is 1.51 bits per heavy atom. The van der Waals surface area contributed by atoms with Gasteiger partial charge in [0.15, 0.2) is 5.54 Å². The monoisotopic (exact) mass is 945 g/mol. The van der Waals surface area contributed by atoms with Gasteiger partial charge >= 0.3 is 17.8 Å². The highest BCUT2D eigenvalue weighted by Crippen LogP contribution is 2.56. The van der Waals surface area contributed by atoms with E-state index in [0.717, 1.165) is 11.1 Å². The van der Waals surface area contributed by atoms with Gasteiger partial charge in [-0.25, -0.2) is 14.1 Å². The molecular weight excluding hydrogens is 867 g/mol. The molecule has 1 aliphatic carbocycles. The van der Waals surface area contributed by atoms with Gasteiger partial charge in [0.1, 0.15) is 42.5 Å². The van der Waals surface area contributed by atoms with Crippen LogP contribution in [0.25, 0.3) is 0 Å². The number of rotatable bonds is 25. The molecule has 3 N–H and O–H groups in total. The lowest BCUT2D eigenvalue weighted by molar-refractivity contribution is -0.738. The van der Waals surface area contributed by atoms with Gasteiger partial charge in [0.2, 0.25) is 17.7 Å². The van der Waals surface area contributed by atoms with Crippen LogP contribution in [0.15, 0.2) is 72.1 Å². The molecule has 1 unspecified atom stereocenters. The van der Waals surface area contributed by atoms with Crippen LogP contribution in [-0.2, 0) is 49.6 Å². The van der Waals surface area contributed by atoms with Gasteiger partial charge in [0, 0.05) is 31.9 Å². The number of nitrogens with zero attached hydrogens (tertiary/aromatic N) is 3. The van der Waals surface area contributed by atoms with E-state index in [0.29, 0.717) is 69.6 Å². The van der Waals surface area contributed by atoms with Crippen LogP contribution in [0.2, 0.25) is 0 Å². The Balaban J connectivity index is 1.37. The molecule has 1 saturated carbocycles. The number of likely N-dealkylation sites (tertiary alicyclic amines) is 1. The molecule has 0 spiro atoms. The van der Waals surface area contributed by atoms with E-state index in [1.807, 2.05) is 107 Å². The average molecular weight is 945 g/mol. The number of carboxylic acids is 1. The molecule has 3 fully saturated rings. The molecule has 0 radical (unpaired) electrons. The minimum atomic E-state index is -1.09. The fraction of sp³-hybridized carbons (Fsp3) is 0.623. The largest absolute Gasteiger partial charge is 0.498 e. The molecule has 15 nitrogen and oxygen atoms in total. The van der Waals surface area contributed by atoms with Gasteiger partial charge in [0.05, 0.1) is 32.3 Å². The minimum absolute atomic E-state index is 0.00760. The number of quaternary nitrogens is 1. The first-order valence-electron chi connectivity index (χ1n) is 24.5.